The van der Waals surface area contributed by atoms with Crippen LogP contribution in [0.2, 0.25) is 0 Å². The van der Waals surface area contributed by atoms with E-state index in [-0.39, 0.29) is 11.9 Å². The summed E-state index contributed by atoms with van der Waals surface area (Å²) in [6.45, 7) is 2.60. The van der Waals surface area contributed by atoms with Crippen LogP contribution in [-0.2, 0) is 6.42 Å². The van der Waals surface area contributed by atoms with Crippen molar-refractivity contribution in [3.8, 4) is 11.5 Å². The fourth-order valence-electron chi connectivity index (χ4n) is 3.64. The van der Waals surface area contributed by atoms with Crippen LogP contribution in [0.1, 0.15) is 41.1 Å². The number of hydrogen-bond acceptors (Lipinski definition) is 4. The number of fused-ring (bicyclic) bond motifs is 1. The van der Waals surface area contributed by atoms with Gasteiger partial charge >= 0.3 is 0 Å². The number of rotatable bonds is 9. The van der Waals surface area contributed by atoms with Crippen molar-refractivity contribution in [1.29, 1.82) is 0 Å². The van der Waals surface area contributed by atoms with Gasteiger partial charge in [-0.1, -0.05) is 49.4 Å². The molecule has 7 heteroatoms. The zero-order chi connectivity index (χ0) is 23.2. The van der Waals surface area contributed by atoms with E-state index in [9.17, 15) is 4.79 Å². The van der Waals surface area contributed by atoms with E-state index in [2.05, 4.69) is 26.2 Å². The van der Waals surface area contributed by atoms with Gasteiger partial charge in [0.1, 0.15) is 5.82 Å². The number of aromatic nitrogens is 2. The lowest BCUT2D eigenvalue weighted by molar-refractivity contribution is 0.0934. The van der Waals surface area contributed by atoms with Crippen LogP contribution in [-0.4, -0.2) is 29.6 Å². The molecule has 6 nitrogen and oxygen atoms in total. The molecule has 1 aromatic heterocycles. The van der Waals surface area contributed by atoms with Crippen molar-refractivity contribution in [2.24, 2.45) is 0 Å². The van der Waals surface area contributed by atoms with E-state index in [1.165, 1.54) is 0 Å². The average Bonchev–Trinajstić information content (AvgIpc) is 3.27. The third-order valence-corrected chi connectivity index (χ3v) is 5.86. The number of carbonyl (C=O) groups is 1. The Morgan fingerprint density at radius 2 is 1.88 bits per heavy atom. The molecular weight excluding hydrogens is 482 g/mol. The number of imidazole rings is 1. The van der Waals surface area contributed by atoms with E-state index in [0.29, 0.717) is 40.4 Å². The first kappa shape index (κ1) is 22.9. The maximum absolute atomic E-state index is 13.3. The summed E-state index contributed by atoms with van der Waals surface area (Å²) in [5.41, 5.74) is 3.37. The molecular formula is C26H26BrN3O3. The number of nitrogens with one attached hydrogen (secondary N) is 2. The van der Waals surface area contributed by atoms with Crippen molar-refractivity contribution in [2.45, 2.75) is 25.8 Å². The van der Waals surface area contributed by atoms with Gasteiger partial charge in [-0.15, -0.1) is 0 Å². The first-order valence-corrected chi connectivity index (χ1v) is 11.7. The molecule has 170 valence electrons. The number of halogens is 1. The van der Waals surface area contributed by atoms with Gasteiger partial charge < -0.3 is 19.8 Å². The molecule has 1 amide bonds. The SMILES string of the molecule is CCCOc1c(Br)cc(C(=O)N[C@H](Cc2ccccc2)c2nc3ccccc3[nH]2)cc1OC. The molecule has 0 aliphatic carbocycles. The highest BCUT2D eigenvalue weighted by molar-refractivity contribution is 9.10. The molecule has 1 heterocycles. The highest BCUT2D eigenvalue weighted by Gasteiger charge is 2.22. The molecule has 4 rings (SSSR count). The lowest BCUT2D eigenvalue weighted by Gasteiger charge is -2.18. The van der Waals surface area contributed by atoms with Gasteiger partial charge in [-0.25, -0.2) is 4.98 Å². The second-order valence-corrected chi connectivity index (χ2v) is 8.55. The normalized spacial score (nSPS) is 11.8. The summed E-state index contributed by atoms with van der Waals surface area (Å²) >= 11 is 3.52. The molecule has 4 aromatic rings. The number of para-hydroxylation sites is 2. The van der Waals surface area contributed by atoms with Gasteiger partial charge in [-0.2, -0.15) is 0 Å². The molecule has 0 spiro atoms. The lowest BCUT2D eigenvalue weighted by Crippen LogP contribution is -2.30. The van der Waals surface area contributed by atoms with Crippen molar-refractivity contribution in [3.63, 3.8) is 0 Å². The third kappa shape index (κ3) is 5.37. The van der Waals surface area contributed by atoms with Crippen LogP contribution in [0.3, 0.4) is 0 Å². The van der Waals surface area contributed by atoms with Crippen LogP contribution in [0.25, 0.3) is 11.0 Å². The van der Waals surface area contributed by atoms with Gasteiger partial charge in [0.2, 0.25) is 0 Å². The number of carbonyl (C=O) groups excluding carboxylic acids is 1. The van der Waals surface area contributed by atoms with Crippen molar-refractivity contribution in [3.05, 3.63) is 88.2 Å². The molecule has 0 radical (unpaired) electrons. The average molecular weight is 508 g/mol. The van der Waals surface area contributed by atoms with E-state index in [1.54, 1.807) is 19.2 Å². The maximum Gasteiger partial charge on any atom is 0.252 e. The van der Waals surface area contributed by atoms with Crippen molar-refractivity contribution in [1.82, 2.24) is 15.3 Å². The van der Waals surface area contributed by atoms with Crippen LogP contribution in [0.5, 0.6) is 11.5 Å². The Kier molecular flexibility index (Phi) is 7.29. The Bertz CT molecular complexity index is 1210. The summed E-state index contributed by atoms with van der Waals surface area (Å²) in [6, 6.07) is 21.0. The highest BCUT2D eigenvalue weighted by atomic mass is 79.9. The van der Waals surface area contributed by atoms with E-state index in [4.69, 9.17) is 14.5 Å². The Labute approximate surface area is 201 Å². The molecule has 0 saturated carbocycles. The van der Waals surface area contributed by atoms with E-state index in [1.807, 2.05) is 61.5 Å². The number of hydrogen-bond donors (Lipinski definition) is 2. The second kappa shape index (κ2) is 10.5. The second-order valence-electron chi connectivity index (χ2n) is 7.69. The summed E-state index contributed by atoms with van der Waals surface area (Å²) in [5, 5.41) is 3.15. The number of aromatic amines is 1. The molecule has 0 aliphatic rings. The van der Waals surface area contributed by atoms with Crippen LogP contribution in [0, 0.1) is 0 Å². The summed E-state index contributed by atoms with van der Waals surface area (Å²) in [6.07, 6.45) is 1.47. The fraction of sp³-hybridized carbons (Fsp3) is 0.231. The van der Waals surface area contributed by atoms with Crippen LogP contribution in [0.4, 0.5) is 0 Å². The Balaban J connectivity index is 1.64. The summed E-state index contributed by atoms with van der Waals surface area (Å²) in [5.74, 6) is 1.58. The minimum atomic E-state index is -0.340. The Morgan fingerprint density at radius 1 is 1.12 bits per heavy atom. The Morgan fingerprint density at radius 3 is 2.61 bits per heavy atom. The van der Waals surface area contributed by atoms with Crippen LogP contribution < -0.4 is 14.8 Å². The number of methoxy groups -OCH3 is 1. The minimum Gasteiger partial charge on any atom is -0.493 e. The molecule has 2 N–H and O–H groups in total. The molecule has 0 unspecified atom stereocenters. The zero-order valence-electron chi connectivity index (χ0n) is 18.6. The largest absolute Gasteiger partial charge is 0.493 e. The van der Waals surface area contributed by atoms with Crippen molar-refractivity contribution >= 4 is 32.9 Å². The fourth-order valence-corrected chi connectivity index (χ4v) is 4.20. The van der Waals surface area contributed by atoms with Crippen molar-refractivity contribution in [2.75, 3.05) is 13.7 Å². The first-order valence-electron chi connectivity index (χ1n) is 10.9. The van der Waals surface area contributed by atoms with Gasteiger partial charge in [-0.3, -0.25) is 4.79 Å². The minimum absolute atomic E-state index is 0.225. The maximum atomic E-state index is 13.3. The number of nitrogens with zero attached hydrogens (tertiary/aromatic N) is 1. The van der Waals surface area contributed by atoms with E-state index < -0.39 is 0 Å². The first-order chi connectivity index (χ1) is 16.1. The smallest absolute Gasteiger partial charge is 0.252 e. The summed E-state index contributed by atoms with van der Waals surface area (Å²) < 4.78 is 11.9. The predicted molar refractivity (Wildman–Crippen MR) is 133 cm³/mol. The van der Waals surface area contributed by atoms with Gasteiger partial charge in [0.25, 0.3) is 5.91 Å². The number of ether oxygens (including phenoxy) is 2. The number of benzene rings is 3. The molecule has 0 saturated heterocycles. The summed E-state index contributed by atoms with van der Waals surface area (Å²) in [7, 11) is 1.56. The zero-order valence-corrected chi connectivity index (χ0v) is 20.2. The Hall–Kier alpha value is -3.32. The molecule has 33 heavy (non-hydrogen) atoms. The van der Waals surface area contributed by atoms with E-state index in [0.717, 1.165) is 23.0 Å². The number of amides is 1. The standard InChI is InChI=1S/C26H26BrN3O3/c1-3-13-33-24-19(27)15-18(16-23(24)32-2)26(31)30-22(14-17-9-5-4-6-10-17)25-28-20-11-7-8-12-21(20)29-25/h4-12,15-16,22H,3,13-14H2,1-2H3,(H,28,29)(H,30,31)/t22-/m1/s1. The topological polar surface area (TPSA) is 76.2 Å². The lowest BCUT2D eigenvalue weighted by atomic mass is 10.0. The highest BCUT2D eigenvalue weighted by Crippen LogP contribution is 2.37. The van der Waals surface area contributed by atoms with Crippen LogP contribution >= 0.6 is 15.9 Å². The van der Waals surface area contributed by atoms with Gasteiger partial charge in [0, 0.05) is 5.56 Å². The molecule has 0 fully saturated rings. The van der Waals surface area contributed by atoms with E-state index >= 15 is 0 Å². The summed E-state index contributed by atoms with van der Waals surface area (Å²) in [4.78, 5) is 21.4. The molecule has 0 aliphatic heterocycles. The predicted octanol–water partition coefficient (Wildman–Crippen LogP) is 5.84. The van der Waals surface area contributed by atoms with Crippen molar-refractivity contribution < 1.29 is 14.3 Å². The molecule has 1 atom stereocenters. The molecule has 3 aromatic carbocycles. The third-order valence-electron chi connectivity index (χ3n) is 5.27. The van der Waals surface area contributed by atoms with Gasteiger partial charge in [0.15, 0.2) is 11.5 Å². The number of H-pyrrole nitrogens is 1. The van der Waals surface area contributed by atoms with Crippen LogP contribution in [0.15, 0.2) is 71.2 Å². The van der Waals surface area contributed by atoms with Gasteiger partial charge in [0.05, 0.1) is 35.3 Å². The molecule has 0 bridgehead atoms. The monoisotopic (exact) mass is 507 g/mol. The van der Waals surface area contributed by atoms with Gasteiger partial charge in [-0.05, 0) is 58.6 Å². The quantitative estimate of drug-likeness (QED) is 0.298.